The van der Waals surface area contributed by atoms with Crippen LogP contribution in [-0.4, -0.2) is 43.4 Å². The minimum Gasteiger partial charge on any atom is -0.534 e. The van der Waals surface area contributed by atoms with E-state index in [4.69, 9.17) is 9.16 Å². The molecule has 2 aliphatic rings. The van der Waals surface area contributed by atoms with Gasteiger partial charge in [0.15, 0.2) is 0 Å². The number of hydrogen-bond donors (Lipinski definition) is 1. The molecule has 1 aliphatic heterocycles. The molecule has 1 heterocycles. The molecule has 42 heavy (non-hydrogen) atoms. The minimum atomic E-state index is -2.79. The van der Waals surface area contributed by atoms with Crippen LogP contribution in [0.4, 0.5) is 4.79 Å². The molecule has 0 radical (unpaired) electrons. The number of benzene rings is 3. The monoisotopic (exact) mass is 584 g/mol. The lowest BCUT2D eigenvalue weighted by Gasteiger charge is -2.43. The lowest BCUT2D eigenvalue weighted by atomic mass is 9.86. The number of carbonyl (C=O) groups is 2. The number of hydrogen-bond acceptors (Lipinski definition) is 4. The Hall–Kier alpha value is -3.58. The molecule has 6 nitrogen and oxygen atoms in total. The van der Waals surface area contributed by atoms with E-state index in [2.05, 4.69) is 105 Å². The van der Waals surface area contributed by atoms with Gasteiger partial charge in [-0.15, -0.1) is 0 Å². The first-order chi connectivity index (χ1) is 19.9. The van der Waals surface area contributed by atoms with Gasteiger partial charge in [0, 0.05) is 6.54 Å². The maximum atomic E-state index is 13.6. The lowest BCUT2D eigenvalue weighted by molar-refractivity contribution is -0.131. The Kier molecular flexibility index (Phi) is 8.25. The normalized spacial score (nSPS) is 19.3. The van der Waals surface area contributed by atoms with Gasteiger partial charge in [0.2, 0.25) is 5.91 Å². The number of nitrogens with zero attached hydrogens (tertiary/aromatic N) is 1. The van der Waals surface area contributed by atoms with E-state index in [9.17, 15) is 9.59 Å². The molecule has 222 valence electrons. The van der Waals surface area contributed by atoms with E-state index < -0.39 is 26.1 Å². The van der Waals surface area contributed by atoms with E-state index in [1.807, 2.05) is 25.7 Å². The fourth-order valence-electron chi connectivity index (χ4n) is 6.56. The number of fused-ring (bicyclic) bond motifs is 1. The van der Waals surface area contributed by atoms with Crippen molar-refractivity contribution in [3.8, 4) is 5.75 Å². The van der Waals surface area contributed by atoms with Crippen molar-refractivity contribution in [1.29, 1.82) is 0 Å². The molecule has 0 saturated carbocycles. The summed E-state index contributed by atoms with van der Waals surface area (Å²) in [6.45, 7) is 12.9. The van der Waals surface area contributed by atoms with Gasteiger partial charge in [-0.25, -0.2) is 4.79 Å². The molecule has 5 rings (SSSR count). The van der Waals surface area contributed by atoms with Crippen molar-refractivity contribution in [2.24, 2.45) is 0 Å². The molecular weight excluding hydrogens is 540 g/mol. The number of carbonyl (C=O) groups excluding carboxylic acids is 2. The molecule has 7 heteroatoms. The second-order valence-electron chi connectivity index (χ2n) is 13.6. The molecule has 0 spiro atoms. The SMILES string of the molecule is CC(C)(C)OC(=O)N[C@@H]1CCN([C@@H]2CCCc3ccc(O[Si](c4ccccc4)(c4ccccc4)C(C)(C)C)cc32)C1=O. The molecular formula is C35H44N2O4Si. The van der Waals surface area contributed by atoms with E-state index in [1.54, 1.807) is 0 Å². The first kappa shape index (κ1) is 29.9. The highest BCUT2D eigenvalue weighted by molar-refractivity contribution is 7.00. The highest BCUT2D eigenvalue weighted by Gasteiger charge is 2.52. The summed E-state index contributed by atoms with van der Waals surface area (Å²) in [5, 5.41) is 5.10. The molecule has 2 amide bonds. The third-order valence-electron chi connectivity index (χ3n) is 8.39. The van der Waals surface area contributed by atoms with E-state index in [0.717, 1.165) is 30.6 Å². The Balaban J connectivity index is 1.48. The van der Waals surface area contributed by atoms with Crippen molar-refractivity contribution < 1.29 is 18.8 Å². The third kappa shape index (κ3) is 5.98. The Bertz CT molecular complexity index is 1370. The first-order valence-corrected chi connectivity index (χ1v) is 17.0. The quantitative estimate of drug-likeness (QED) is 0.354. The highest BCUT2D eigenvalue weighted by Crippen LogP contribution is 2.41. The summed E-state index contributed by atoms with van der Waals surface area (Å²) in [6, 6.07) is 27.2. The molecule has 3 aromatic rings. The highest BCUT2D eigenvalue weighted by atomic mass is 28.4. The summed E-state index contributed by atoms with van der Waals surface area (Å²) >= 11 is 0. The van der Waals surface area contributed by atoms with Crippen molar-refractivity contribution in [3.63, 3.8) is 0 Å². The van der Waals surface area contributed by atoms with Crippen LogP contribution in [0.3, 0.4) is 0 Å². The van der Waals surface area contributed by atoms with Crippen LogP contribution in [0.5, 0.6) is 5.75 Å². The number of aryl methyl sites for hydroxylation is 1. The van der Waals surface area contributed by atoms with E-state index >= 15 is 0 Å². The van der Waals surface area contributed by atoms with Gasteiger partial charge in [-0.3, -0.25) is 4.79 Å². The molecule has 2 atom stereocenters. The summed E-state index contributed by atoms with van der Waals surface area (Å²) in [5.74, 6) is 0.794. The molecule has 3 aromatic carbocycles. The van der Waals surface area contributed by atoms with Crippen LogP contribution in [0.15, 0.2) is 78.9 Å². The van der Waals surface area contributed by atoms with Gasteiger partial charge in [0.05, 0.1) is 6.04 Å². The fraction of sp³-hybridized carbons (Fsp3) is 0.429. The zero-order valence-electron chi connectivity index (χ0n) is 25.8. The number of likely N-dealkylation sites (tertiary alicyclic amines) is 1. The standard InChI is InChI=1S/C35H44N2O4Si/c1-34(2,3)40-33(39)36-30-22-23-37(32(30)38)31-19-13-14-25-20-21-26(24-29(25)31)41-42(35(4,5)6,27-15-9-7-10-16-27)28-17-11-8-12-18-28/h7-12,15-18,20-21,24,30-31H,13-14,19,22-23H2,1-6H3,(H,36,39)/t30-,31-/m1/s1. The van der Waals surface area contributed by atoms with Crippen LogP contribution < -0.4 is 20.1 Å². The maximum absolute atomic E-state index is 13.6. The average molecular weight is 585 g/mol. The summed E-state index contributed by atoms with van der Waals surface area (Å²) in [7, 11) is -2.79. The number of ether oxygens (including phenoxy) is 1. The van der Waals surface area contributed by atoms with Crippen molar-refractivity contribution in [2.45, 2.75) is 89.9 Å². The van der Waals surface area contributed by atoms with Crippen LogP contribution >= 0.6 is 0 Å². The molecule has 0 unspecified atom stereocenters. The summed E-state index contributed by atoms with van der Waals surface area (Å²) in [4.78, 5) is 27.9. The second kappa shape index (κ2) is 11.6. The Morgan fingerprint density at radius 3 is 2.07 bits per heavy atom. The van der Waals surface area contributed by atoms with Gasteiger partial charge in [0.25, 0.3) is 0 Å². The molecule has 1 aliphatic carbocycles. The smallest absolute Gasteiger partial charge is 0.408 e. The van der Waals surface area contributed by atoms with E-state index in [-0.39, 0.29) is 17.0 Å². The second-order valence-corrected chi connectivity index (χ2v) is 17.8. The summed E-state index contributed by atoms with van der Waals surface area (Å²) < 4.78 is 12.7. The molecule has 1 N–H and O–H groups in total. The zero-order valence-corrected chi connectivity index (χ0v) is 26.8. The van der Waals surface area contributed by atoms with Gasteiger partial charge in [-0.05, 0) is 85.1 Å². The van der Waals surface area contributed by atoms with Gasteiger partial charge < -0.3 is 19.4 Å². The summed E-state index contributed by atoms with van der Waals surface area (Å²) in [6.07, 6.45) is 2.91. The van der Waals surface area contributed by atoms with Crippen LogP contribution in [0.1, 0.15) is 78.0 Å². The largest absolute Gasteiger partial charge is 0.534 e. The lowest BCUT2D eigenvalue weighted by Crippen LogP contribution is -2.68. The number of rotatable bonds is 6. The Morgan fingerprint density at radius 2 is 1.50 bits per heavy atom. The molecule has 0 bridgehead atoms. The topological polar surface area (TPSA) is 67.9 Å². The Morgan fingerprint density at radius 1 is 0.881 bits per heavy atom. The predicted molar refractivity (Wildman–Crippen MR) is 170 cm³/mol. The van der Waals surface area contributed by atoms with Crippen molar-refractivity contribution in [1.82, 2.24) is 10.2 Å². The fourth-order valence-corrected chi connectivity index (χ4v) is 11.0. The van der Waals surface area contributed by atoms with E-state index in [1.165, 1.54) is 15.9 Å². The van der Waals surface area contributed by atoms with E-state index in [0.29, 0.717) is 13.0 Å². The third-order valence-corrected chi connectivity index (χ3v) is 13.3. The van der Waals surface area contributed by atoms with Crippen LogP contribution in [0, 0.1) is 0 Å². The molecule has 0 aromatic heterocycles. The van der Waals surface area contributed by atoms with Crippen molar-refractivity contribution >= 4 is 30.7 Å². The van der Waals surface area contributed by atoms with Gasteiger partial charge in [-0.1, -0.05) is 87.5 Å². The maximum Gasteiger partial charge on any atom is 0.408 e. The van der Waals surface area contributed by atoms with Crippen molar-refractivity contribution in [2.75, 3.05) is 6.54 Å². The Labute approximate surface area is 251 Å². The number of alkyl carbamates (subject to hydrolysis) is 1. The van der Waals surface area contributed by atoms with Gasteiger partial charge in [-0.2, -0.15) is 0 Å². The van der Waals surface area contributed by atoms with Gasteiger partial charge >= 0.3 is 14.4 Å². The first-order valence-electron chi connectivity index (χ1n) is 15.1. The van der Waals surface area contributed by atoms with Crippen LogP contribution in [0.25, 0.3) is 0 Å². The van der Waals surface area contributed by atoms with Gasteiger partial charge in [0.1, 0.15) is 17.4 Å². The minimum absolute atomic E-state index is 0.0444. The van der Waals surface area contributed by atoms with Crippen molar-refractivity contribution in [3.05, 3.63) is 90.0 Å². The number of amides is 2. The zero-order chi connectivity index (χ0) is 30.1. The van der Waals surface area contributed by atoms with Crippen LogP contribution in [-0.2, 0) is 16.0 Å². The molecule has 1 saturated heterocycles. The molecule has 1 fully saturated rings. The van der Waals surface area contributed by atoms with Crippen LogP contribution in [0.2, 0.25) is 5.04 Å². The average Bonchev–Trinajstić information content (AvgIpc) is 3.29. The predicted octanol–water partition coefficient (Wildman–Crippen LogP) is 6.13. The summed E-state index contributed by atoms with van der Waals surface area (Å²) in [5.41, 5.74) is 1.80. The number of nitrogens with one attached hydrogen (secondary N) is 1.